The van der Waals surface area contributed by atoms with Gasteiger partial charge in [-0.3, -0.25) is 9.59 Å². The molecule has 0 spiro atoms. The standard InChI is InChI=1S/C20H22N2O4S/c1-9-4-5-12(8-10(9)2)17-11(3)27-20(21-17)22-18(23)15-13-6-7-14(26-13)16(15)19(24)25/h4-5,8,13-16H,6-7H2,1-3H3,(H,24,25)(H,21,22,23)/t13-,14+,15+,16-/m0/s1. The molecule has 0 radical (unpaired) electrons. The van der Waals surface area contributed by atoms with E-state index < -0.39 is 17.8 Å². The zero-order valence-corrected chi connectivity index (χ0v) is 16.3. The lowest BCUT2D eigenvalue weighted by Crippen LogP contribution is -2.40. The second-order valence-electron chi connectivity index (χ2n) is 7.39. The third-order valence-electron chi connectivity index (χ3n) is 5.67. The van der Waals surface area contributed by atoms with Crippen LogP contribution < -0.4 is 5.32 Å². The number of aliphatic carboxylic acids is 1. The van der Waals surface area contributed by atoms with E-state index in [1.807, 2.05) is 13.0 Å². The van der Waals surface area contributed by atoms with Crippen molar-refractivity contribution in [3.05, 3.63) is 34.2 Å². The molecule has 0 unspecified atom stereocenters. The first-order valence-electron chi connectivity index (χ1n) is 9.09. The molecule has 2 aliphatic rings. The topological polar surface area (TPSA) is 88.5 Å². The van der Waals surface area contributed by atoms with Crippen molar-refractivity contribution in [3.8, 4) is 11.3 Å². The van der Waals surface area contributed by atoms with Crippen LogP contribution in [0.15, 0.2) is 18.2 Å². The van der Waals surface area contributed by atoms with Gasteiger partial charge in [0.15, 0.2) is 5.13 Å². The van der Waals surface area contributed by atoms with Crippen LogP contribution in [0.3, 0.4) is 0 Å². The van der Waals surface area contributed by atoms with Crippen LogP contribution in [0, 0.1) is 32.6 Å². The van der Waals surface area contributed by atoms with Crippen LogP contribution in [0.1, 0.15) is 28.8 Å². The summed E-state index contributed by atoms with van der Waals surface area (Å²) in [5.74, 6) is -2.71. The highest BCUT2D eigenvalue weighted by molar-refractivity contribution is 7.16. The van der Waals surface area contributed by atoms with Crippen molar-refractivity contribution in [1.29, 1.82) is 0 Å². The zero-order chi connectivity index (χ0) is 19.3. The summed E-state index contributed by atoms with van der Waals surface area (Å²) in [6.07, 6.45) is 0.777. The summed E-state index contributed by atoms with van der Waals surface area (Å²) in [5, 5.41) is 12.8. The van der Waals surface area contributed by atoms with E-state index in [9.17, 15) is 14.7 Å². The first kappa shape index (κ1) is 18.1. The Labute approximate surface area is 161 Å². The Bertz CT molecular complexity index is 923. The van der Waals surface area contributed by atoms with Gasteiger partial charge in [-0.2, -0.15) is 0 Å². The summed E-state index contributed by atoms with van der Waals surface area (Å²) in [6.45, 7) is 6.10. The highest BCUT2D eigenvalue weighted by atomic mass is 32.1. The number of hydrogen-bond donors (Lipinski definition) is 2. The average molecular weight is 386 g/mol. The Morgan fingerprint density at radius 1 is 1.15 bits per heavy atom. The van der Waals surface area contributed by atoms with E-state index in [1.54, 1.807) is 0 Å². The van der Waals surface area contributed by atoms with Gasteiger partial charge in [0.1, 0.15) is 0 Å². The van der Waals surface area contributed by atoms with E-state index in [2.05, 4.69) is 36.3 Å². The van der Waals surface area contributed by atoms with Crippen molar-refractivity contribution in [1.82, 2.24) is 4.98 Å². The number of hydrogen-bond acceptors (Lipinski definition) is 5. The number of carbonyl (C=O) groups is 2. The molecule has 1 aromatic carbocycles. The highest BCUT2D eigenvalue weighted by Gasteiger charge is 2.55. The summed E-state index contributed by atoms with van der Waals surface area (Å²) in [6, 6.07) is 6.18. The first-order valence-corrected chi connectivity index (χ1v) is 9.91. The zero-order valence-electron chi connectivity index (χ0n) is 15.5. The van der Waals surface area contributed by atoms with Gasteiger partial charge in [-0.05, 0) is 50.8 Å². The molecule has 6 nitrogen and oxygen atoms in total. The molecule has 27 heavy (non-hydrogen) atoms. The molecule has 1 aromatic heterocycles. The van der Waals surface area contributed by atoms with Crippen LogP contribution in [0.25, 0.3) is 11.3 Å². The highest BCUT2D eigenvalue weighted by Crippen LogP contribution is 2.44. The van der Waals surface area contributed by atoms with Crippen LogP contribution in [0.5, 0.6) is 0 Å². The molecular weight excluding hydrogens is 364 g/mol. The summed E-state index contributed by atoms with van der Waals surface area (Å²) in [4.78, 5) is 30.0. The predicted octanol–water partition coefficient (Wildman–Crippen LogP) is 3.55. The third kappa shape index (κ3) is 3.15. The maximum absolute atomic E-state index is 12.8. The van der Waals surface area contributed by atoms with Crippen molar-refractivity contribution in [2.75, 3.05) is 5.32 Å². The van der Waals surface area contributed by atoms with Gasteiger partial charge in [0.2, 0.25) is 5.91 Å². The van der Waals surface area contributed by atoms with Crippen molar-refractivity contribution < 1.29 is 19.4 Å². The normalized spacial score (nSPS) is 26.3. The van der Waals surface area contributed by atoms with E-state index in [4.69, 9.17) is 4.74 Å². The van der Waals surface area contributed by atoms with Crippen LogP contribution >= 0.6 is 11.3 Å². The van der Waals surface area contributed by atoms with E-state index >= 15 is 0 Å². The molecule has 142 valence electrons. The van der Waals surface area contributed by atoms with Gasteiger partial charge in [0.25, 0.3) is 0 Å². The number of aryl methyl sites for hydroxylation is 3. The van der Waals surface area contributed by atoms with Crippen molar-refractivity contribution in [2.45, 2.75) is 45.8 Å². The van der Waals surface area contributed by atoms with E-state index in [0.29, 0.717) is 11.6 Å². The Morgan fingerprint density at radius 2 is 1.85 bits per heavy atom. The van der Waals surface area contributed by atoms with E-state index in [1.165, 1.54) is 22.5 Å². The smallest absolute Gasteiger partial charge is 0.310 e. The Kier molecular flexibility index (Phi) is 4.52. The summed E-state index contributed by atoms with van der Waals surface area (Å²) in [7, 11) is 0. The maximum atomic E-state index is 12.8. The number of carboxylic acid groups (broad SMARTS) is 1. The number of benzene rings is 1. The van der Waals surface area contributed by atoms with Crippen molar-refractivity contribution in [3.63, 3.8) is 0 Å². The monoisotopic (exact) mass is 386 g/mol. The molecular formula is C20H22N2O4S. The van der Waals surface area contributed by atoms with Crippen LogP contribution in [0.4, 0.5) is 5.13 Å². The quantitative estimate of drug-likeness (QED) is 0.839. The van der Waals surface area contributed by atoms with Gasteiger partial charge in [-0.25, -0.2) is 4.98 Å². The summed E-state index contributed by atoms with van der Waals surface area (Å²) in [5.41, 5.74) is 4.27. The van der Waals surface area contributed by atoms with Gasteiger partial charge < -0.3 is 15.2 Å². The fourth-order valence-corrected chi connectivity index (χ4v) is 4.96. The second-order valence-corrected chi connectivity index (χ2v) is 8.60. The van der Waals surface area contributed by atoms with E-state index in [-0.39, 0.29) is 18.1 Å². The predicted molar refractivity (Wildman–Crippen MR) is 103 cm³/mol. The summed E-state index contributed by atoms with van der Waals surface area (Å²) >= 11 is 1.40. The number of carbonyl (C=O) groups excluding carboxylic acids is 1. The van der Waals surface area contributed by atoms with Crippen molar-refractivity contribution >= 4 is 28.3 Å². The number of anilines is 1. The first-order chi connectivity index (χ1) is 12.8. The van der Waals surface area contributed by atoms with Crippen molar-refractivity contribution in [2.24, 2.45) is 11.8 Å². The molecule has 2 bridgehead atoms. The number of fused-ring (bicyclic) bond motifs is 2. The second kappa shape index (κ2) is 6.73. The lowest BCUT2D eigenvalue weighted by molar-refractivity contribution is -0.147. The van der Waals surface area contributed by atoms with E-state index in [0.717, 1.165) is 22.6 Å². The van der Waals surface area contributed by atoms with Crippen LogP contribution in [-0.4, -0.2) is 34.2 Å². The van der Waals surface area contributed by atoms with Gasteiger partial charge in [-0.15, -0.1) is 11.3 Å². The van der Waals surface area contributed by atoms with Crippen LogP contribution in [-0.2, 0) is 14.3 Å². The minimum absolute atomic E-state index is 0.309. The van der Waals surface area contributed by atoms with Gasteiger partial charge in [0, 0.05) is 10.4 Å². The molecule has 1 amide bonds. The number of amides is 1. The number of nitrogens with zero attached hydrogens (tertiary/aromatic N) is 1. The van der Waals surface area contributed by atoms with Gasteiger partial charge >= 0.3 is 5.97 Å². The Balaban J connectivity index is 1.56. The third-order valence-corrected chi connectivity index (χ3v) is 6.55. The molecule has 2 aliphatic heterocycles. The molecule has 2 aromatic rings. The molecule has 4 rings (SSSR count). The number of thiazole rings is 1. The minimum Gasteiger partial charge on any atom is -0.481 e. The molecule has 2 saturated heterocycles. The molecule has 4 atom stereocenters. The minimum atomic E-state index is -0.964. The fourth-order valence-electron chi connectivity index (χ4n) is 4.12. The average Bonchev–Trinajstić information content (AvgIpc) is 3.31. The van der Waals surface area contributed by atoms with Gasteiger partial charge in [0.05, 0.1) is 29.7 Å². The lowest BCUT2D eigenvalue weighted by Gasteiger charge is -2.23. The number of nitrogens with one attached hydrogen (secondary N) is 1. The van der Waals surface area contributed by atoms with Gasteiger partial charge in [-0.1, -0.05) is 12.1 Å². The molecule has 0 saturated carbocycles. The molecule has 3 heterocycles. The lowest BCUT2D eigenvalue weighted by atomic mass is 9.79. The number of rotatable bonds is 4. The number of carboxylic acids is 1. The molecule has 2 fully saturated rings. The SMILES string of the molecule is Cc1ccc(-c2nc(NC(=O)[C@H]3[C@@H](C(=O)O)[C@H]4CC[C@@H]3O4)sc2C)cc1C. The largest absolute Gasteiger partial charge is 0.481 e. The maximum Gasteiger partial charge on any atom is 0.310 e. The van der Waals surface area contributed by atoms with Crippen LogP contribution in [0.2, 0.25) is 0 Å². The Hall–Kier alpha value is -2.25. The number of aromatic nitrogens is 1. The molecule has 7 heteroatoms. The number of ether oxygens (including phenoxy) is 1. The fraction of sp³-hybridized carbons (Fsp3) is 0.450. The Morgan fingerprint density at radius 3 is 2.52 bits per heavy atom. The summed E-state index contributed by atoms with van der Waals surface area (Å²) < 4.78 is 5.68. The molecule has 2 N–H and O–H groups in total. The molecule has 0 aliphatic carbocycles.